The van der Waals surface area contributed by atoms with Crippen molar-refractivity contribution in [3.05, 3.63) is 82.9 Å². The summed E-state index contributed by atoms with van der Waals surface area (Å²) in [5.41, 5.74) is 1.52. The van der Waals surface area contributed by atoms with Gasteiger partial charge in [0.25, 0.3) is 11.7 Å². The van der Waals surface area contributed by atoms with E-state index in [-0.39, 0.29) is 28.3 Å². The minimum Gasteiger partial charge on any atom is -0.507 e. The molecule has 0 spiro atoms. The fourth-order valence-corrected chi connectivity index (χ4v) is 4.34. The summed E-state index contributed by atoms with van der Waals surface area (Å²) in [7, 11) is 2.96. The average molecular weight is 490 g/mol. The molecule has 186 valence electrons. The lowest BCUT2D eigenvalue weighted by Crippen LogP contribution is -2.29. The van der Waals surface area contributed by atoms with Crippen molar-refractivity contribution in [1.82, 2.24) is 0 Å². The summed E-state index contributed by atoms with van der Waals surface area (Å²) in [6, 6.07) is 15.4. The number of aliphatic hydroxyl groups excluding tert-OH is 1. The Bertz CT molecular complexity index is 1360. The number of aliphatic hydroxyl groups is 1. The van der Waals surface area contributed by atoms with E-state index in [4.69, 9.17) is 14.2 Å². The number of aryl methyl sites for hydroxylation is 1. The molecule has 4 rings (SSSR count). The first-order valence-electron chi connectivity index (χ1n) is 11.4. The Kier molecular flexibility index (Phi) is 6.87. The quantitative estimate of drug-likeness (QED) is 0.280. The number of ether oxygens (including phenoxy) is 3. The molecule has 1 saturated heterocycles. The summed E-state index contributed by atoms with van der Waals surface area (Å²) in [5.74, 6) is -1.12. The van der Waals surface area contributed by atoms with Gasteiger partial charge in [-0.05, 0) is 61.4 Å². The van der Waals surface area contributed by atoms with Crippen LogP contribution in [-0.4, -0.2) is 42.7 Å². The molecule has 3 aromatic carbocycles. The number of carbonyl (C=O) groups is 2. The highest BCUT2D eigenvalue weighted by atomic mass is 16.5. The lowest BCUT2D eigenvalue weighted by atomic mass is 9.94. The lowest BCUT2D eigenvalue weighted by Gasteiger charge is -2.27. The van der Waals surface area contributed by atoms with E-state index in [0.717, 1.165) is 5.56 Å². The first kappa shape index (κ1) is 24.7. The van der Waals surface area contributed by atoms with Gasteiger partial charge in [-0.25, -0.2) is 0 Å². The van der Waals surface area contributed by atoms with Crippen LogP contribution in [0.3, 0.4) is 0 Å². The van der Waals surface area contributed by atoms with Crippen molar-refractivity contribution in [3.8, 4) is 23.0 Å². The molecule has 0 saturated carbocycles. The Morgan fingerprint density at radius 1 is 0.944 bits per heavy atom. The molecule has 3 aromatic rings. The Hall–Kier alpha value is -4.46. The molecule has 1 atom stereocenters. The van der Waals surface area contributed by atoms with Gasteiger partial charge in [0.1, 0.15) is 17.3 Å². The van der Waals surface area contributed by atoms with Crippen LogP contribution in [0, 0.1) is 6.92 Å². The molecule has 0 radical (unpaired) electrons. The number of ketones is 1. The molecule has 2 N–H and O–H groups in total. The number of anilines is 1. The minimum absolute atomic E-state index is 0.141. The van der Waals surface area contributed by atoms with Crippen molar-refractivity contribution in [2.45, 2.75) is 19.9 Å². The normalized spacial score (nSPS) is 16.8. The third kappa shape index (κ3) is 4.22. The standard InChI is InChI=1S/C28H27NO7/c1-5-36-23-15-17(11-13-22(23)35-4)25-24(26(31)18-8-6-7-9-21(18)34-3)27(32)28(33)29(25)19-14-16(2)10-12-20(19)30/h6-15,25,30-31H,5H2,1-4H3/b26-24-. The van der Waals surface area contributed by atoms with E-state index in [1.807, 2.05) is 13.8 Å². The van der Waals surface area contributed by atoms with E-state index in [0.29, 0.717) is 29.4 Å². The second kappa shape index (κ2) is 10.0. The molecule has 1 amide bonds. The number of amides is 1. The van der Waals surface area contributed by atoms with Gasteiger partial charge in [0.2, 0.25) is 0 Å². The molecule has 0 bridgehead atoms. The average Bonchev–Trinajstić information content (AvgIpc) is 3.15. The lowest BCUT2D eigenvalue weighted by molar-refractivity contribution is -0.132. The molecular weight excluding hydrogens is 462 g/mol. The third-order valence-corrected chi connectivity index (χ3v) is 6.00. The number of carbonyl (C=O) groups excluding carboxylic acids is 2. The molecule has 36 heavy (non-hydrogen) atoms. The van der Waals surface area contributed by atoms with Crippen molar-refractivity contribution in [1.29, 1.82) is 0 Å². The molecule has 0 aliphatic carbocycles. The number of hydrogen-bond donors (Lipinski definition) is 2. The molecule has 0 aromatic heterocycles. The van der Waals surface area contributed by atoms with Gasteiger partial charge >= 0.3 is 0 Å². The highest BCUT2D eigenvalue weighted by molar-refractivity contribution is 6.52. The smallest absolute Gasteiger partial charge is 0.300 e. The molecule has 1 aliphatic heterocycles. The van der Waals surface area contributed by atoms with Gasteiger partial charge in [-0.15, -0.1) is 0 Å². The predicted octanol–water partition coefficient (Wildman–Crippen LogP) is 4.74. The maximum atomic E-state index is 13.4. The fourth-order valence-electron chi connectivity index (χ4n) is 4.34. The van der Waals surface area contributed by atoms with Crippen LogP contribution < -0.4 is 19.1 Å². The van der Waals surface area contributed by atoms with E-state index in [1.165, 1.54) is 25.2 Å². The highest BCUT2D eigenvalue weighted by Gasteiger charge is 2.48. The summed E-state index contributed by atoms with van der Waals surface area (Å²) in [4.78, 5) is 28.0. The summed E-state index contributed by atoms with van der Waals surface area (Å²) in [6.07, 6.45) is 0. The Balaban J connectivity index is 2.02. The van der Waals surface area contributed by atoms with Gasteiger partial charge in [-0.3, -0.25) is 14.5 Å². The van der Waals surface area contributed by atoms with Crippen LogP contribution in [0.25, 0.3) is 5.76 Å². The van der Waals surface area contributed by atoms with Gasteiger partial charge in [-0.2, -0.15) is 0 Å². The number of hydrogen-bond acceptors (Lipinski definition) is 7. The van der Waals surface area contributed by atoms with Crippen molar-refractivity contribution in [3.63, 3.8) is 0 Å². The maximum Gasteiger partial charge on any atom is 0.300 e. The largest absolute Gasteiger partial charge is 0.507 e. The zero-order chi connectivity index (χ0) is 26.0. The van der Waals surface area contributed by atoms with Gasteiger partial charge in [0, 0.05) is 0 Å². The van der Waals surface area contributed by atoms with Crippen molar-refractivity contribution < 1.29 is 34.0 Å². The van der Waals surface area contributed by atoms with Crippen molar-refractivity contribution >= 4 is 23.1 Å². The monoisotopic (exact) mass is 489 g/mol. The van der Waals surface area contributed by atoms with Crippen LogP contribution >= 0.6 is 0 Å². The van der Waals surface area contributed by atoms with Crippen molar-refractivity contribution in [2.75, 3.05) is 25.7 Å². The minimum atomic E-state index is -1.06. The number of phenolic OH excluding ortho intramolecular Hbond substituents is 1. The van der Waals surface area contributed by atoms with Gasteiger partial charge < -0.3 is 24.4 Å². The first-order chi connectivity index (χ1) is 17.3. The number of aromatic hydroxyl groups is 1. The summed E-state index contributed by atoms with van der Waals surface area (Å²) in [6.45, 7) is 3.99. The van der Waals surface area contributed by atoms with Crippen LogP contribution in [0.1, 0.15) is 29.7 Å². The zero-order valence-corrected chi connectivity index (χ0v) is 20.4. The van der Waals surface area contributed by atoms with Gasteiger partial charge in [0.15, 0.2) is 11.5 Å². The van der Waals surface area contributed by atoms with Gasteiger partial charge in [0.05, 0.1) is 43.7 Å². The van der Waals surface area contributed by atoms with E-state index >= 15 is 0 Å². The molecule has 1 aliphatic rings. The van der Waals surface area contributed by atoms with Crippen LogP contribution in [0.4, 0.5) is 5.69 Å². The van der Waals surface area contributed by atoms with Crippen LogP contribution in [-0.2, 0) is 9.59 Å². The maximum absolute atomic E-state index is 13.4. The number of benzene rings is 3. The number of phenols is 1. The van der Waals surface area contributed by atoms with E-state index in [9.17, 15) is 19.8 Å². The topological polar surface area (TPSA) is 106 Å². The van der Waals surface area contributed by atoms with Crippen LogP contribution in [0.15, 0.2) is 66.2 Å². The molecule has 1 unspecified atom stereocenters. The Morgan fingerprint density at radius 2 is 1.67 bits per heavy atom. The number of nitrogens with zero attached hydrogens (tertiary/aromatic N) is 1. The second-order valence-electron chi connectivity index (χ2n) is 8.20. The van der Waals surface area contributed by atoms with E-state index < -0.39 is 17.7 Å². The van der Waals surface area contributed by atoms with Crippen LogP contribution in [0.5, 0.6) is 23.0 Å². The van der Waals surface area contributed by atoms with Gasteiger partial charge in [-0.1, -0.05) is 24.3 Å². The Morgan fingerprint density at radius 3 is 2.36 bits per heavy atom. The molecule has 1 fully saturated rings. The van der Waals surface area contributed by atoms with Crippen molar-refractivity contribution in [2.24, 2.45) is 0 Å². The molecule has 8 nitrogen and oxygen atoms in total. The van der Waals surface area contributed by atoms with E-state index in [2.05, 4.69) is 0 Å². The van der Waals surface area contributed by atoms with E-state index in [1.54, 1.807) is 54.6 Å². The third-order valence-electron chi connectivity index (χ3n) is 6.00. The second-order valence-corrected chi connectivity index (χ2v) is 8.20. The number of Topliss-reactive ketones (excluding diaryl/α,β-unsaturated/α-hetero) is 1. The predicted molar refractivity (Wildman–Crippen MR) is 135 cm³/mol. The zero-order valence-electron chi connectivity index (χ0n) is 20.4. The summed E-state index contributed by atoms with van der Waals surface area (Å²) in [5, 5.41) is 22.1. The molecule has 1 heterocycles. The number of rotatable bonds is 7. The fraction of sp³-hybridized carbons (Fsp3) is 0.214. The number of methoxy groups -OCH3 is 2. The summed E-state index contributed by atoms with van der Waals surface area (Å²) < 4.78 is 16.5. The SMILES string of the molecule is CCOc1cc(C2/C(=C(/O)c3ccccc3OC)C(=O)C(=O)N2c2cc(C)ccc2O)ccc1OC. The summed E-state index contributed by atoms with van der Waals surface area (Å²) >= 11 is 0. The van der Waals surface area contributed by atoms with Crippen LogP contribution in [0.2, 0.25) is 0 Å². The molecular formula is C28H27NO7. The number of para-hydroxylation sites is 1. The molecule has 8 heteroatoms. The first-order valence-corrected chi connectivity index (χ1v) is 11.4. The Labute approximate surface area is 209 Å². The highest BCUT2D eigenvalue weighted by Crippen LogP contribution is 2.47.